The summed E-state index contributed by atoms with van der Waals surface area (Å²) in [5, 5.41) is 0.585. The maximum atomic E-state index is 9.81. The molecule has 4 heteroatoms. The van der Waals surface area contributed by atoms with Gasteiger partial charge in [-0.2, -0.15) is 0 Å². The van der Waals surface area contributed by atoms with Gasteiger partial charge in [0.1, 0.15) is 0 Å². The SMILES string of the molecule is O=[C]Oc1c(Cl)cccc1Cl. The molecule has 1 aromatic carbocycles. The summed E-state index contributed by atoms with van der Waals surface area (Å²) < 4.78 is 4.40. The van der Waals surface area contributed by atoms with Crippen LogP contribution >= 0.6 is 23.2 Å². The molecule has 0 bridgehead atoms. The summed E-state index contributed by atoms with van der Waals surface area (Å²) in [6, 6.07) is 4.79. The first-order valence-corrected chi connectivity index (χ1v) is 3.49. The lowest BCUT2D eigenvalue weighted by molar-refractivity contribution is 0.443. The van der Waals surface area contributed by atoms with Gasteiger partial charge in [-0.05, 0) is 12.1 Å². The molecule has 0 aromatic heterocycles. The Balaban J connectivity index is 3.09. The number of halogens is 2. The predicted molar refractivity (Wildman–Crippen MR) is 42.8 cm³/mol. The van der Waals surface area contributed by atoms with Crippen molar-refractivity contribution in [1.29, 1.82) is 0 Å². The zero-order chi connectivity index (χ0) is 8.27. The molecule has 0 aliphatic carbocycles. The summed E-state index contributed by atoms with van der Waals surface area (Å²) in [6.07, 6.45) is 0. The van der Waals surface area contributed by atoms with Crippen molar-refractivity contribution in [3.05, 3.63) is 28.2 Å². The molecule has 11 heavy (non-hydrogen) atoms. The fourth-order valence-corrected chi connectivity index (χ4v) is 1.10. The van der Waals surface area contributed by atoms with E-state index in [-0.39, 0.29) is 5.75 Å². The van der Waals surface area contributed by atoms with Crippen LogP contribution in [0, 0.1) is 0 Å². The Morgan fingerprint density at radius 3 is 2.27 bits per heavy atom. The average molecular weight is 190 g/mol. The number of rotatable bonds is 2. The summed E-state index contributed by atoms with van der Waals surface area (Å²) in [5.74, 6) is 0.144. The minimum absolute atomic E-state index is 0.144. The van der Waals surface area contributed by atoms with Gasteiger partial charge in [0.2, 0.25) is 0 Å². The number of ether oxygens (including phenoxy) is 1. The van der Waals surface area contributed by atoms with Gasteiger partial charge in [-0.15, -0.1) is 0 Å². The van der Waals surface area contributed by atoms with Crippen molar-refractivity contribution in [2.45, 2.75) is 0 Å². The number of benzene rings is 1. The summed E-state index contributed by atoms with van der Waals surface area (Å²) >= 11 is 11.2. The van der Waals surface area contributed by atoms with Crippen LogP contribution in [0.1, 0.15) is 0 Å². The van der Waals surface area contributed by atoms with E-state index in [0.717, 1.165) is 0 Å². The Labute approximate surface area is 73.7 Å². The van der Waals surface area contributed by atoms with E-state index >= 15 is 0 Å². The molecule has 1 rings (SSSR count). The van der Waals surface area contributed by atoms with Crippen molar-refractivity contribution in [1.82, 2.24) is 0 Å². The molecule has 0 heterocycles. The largest absolute Gasteiger partial charge is 0.423 e. The zero-order valence-corrected chi connectivity index (χ0v) is 6.82. The second-order valence-electron chi connectivity index (χ2n) is 1.74. The third-order valence-electron chi connectivity index (χ3n) is 1.06. The van der Waals surface area contributed by atoms with Gasteiger partial charge in [-0.25, -0.2) is 4.79 Å². The number of hydrogen-bond donors (Lipinski definition) is 0. The molecule has 0 N–H and O–H groups in total. The highest BCUT2D eigenvalue weighted by Crippen LogP contribution is 2.31. The number of carbonyl (C=O) groups excluding carboxylic acids is 1. The molecule has 0 spiro atoms. The lowest BCUT2D eigenvalue weighted by atomic mass is 10.3. The van der Waals surface area contributed by atoms with Crippen LogP contribution in [0.2, 0.25) is 10.0 Å². The topological polar surface area (TPSA) is 26.3 Å². The molecule has 1 radical (unpaired) electrons. The minimum Gasteiger partial charge on any atom is -0.415 e. The van der Waals surface area contributed by atoms with E-state index < -0.39 is 0 Å². The van der Waals surface area contributed by atoms with Crippen LogP contribution in [0.15, 0.2) is 18.2 Å². The van der Waals surface area contributed by atoms with E-state index in [1.807, 2.05) is 0 Å². The van der Waals surface area contributed by atoms with E-state index in [1.54, 1.807) is 18.2 Å². The second kappa shape index (κ2) is 3.60. The Bertz CT molecular complexity index is 253. The standard InChI is InChI=1S/C7H3Cl2O2/c8-5-2-1-3-6(9)7(5)11-4-10/h1-3H. The molecule has 0 saturated carbocycles. The van der Waals surface area contributed by atoms with E-state index in [1.165, 1.54) is 6.47 Å². The zero-order valence-electron chi connectivity index (χ0n) is 5.30. The predicted octanol–water partition coefficient (Wildman–Crippen LogP) is 2.44. The molecule has 0 saturated heterocycles. The first-order chi connectivity index (χ1) is 5.25. The van der Waals surface area contributed by atoms with Crippen LogP contribution < -0.4 is 4.74 Å². The van der Waals surface area contributed by atoms with Crippen molar-refractivity contribution < 1.29 is 9.53 Å². The molecule has 0 aliphatic rings. The molecule has 57 valence electrons. The van der Waals surface area contributed by atoms with Gasteiger partial charge in [0.15, 0.2) is 5.75 Å². The third kappa shape index (κ3) is 1.85. The van der Waals surface area contributed by atoms with Gasteiger partial charge in [-0.3, -0.25) is 0 Å². The fraction of sp³-hybridized carbons (Fsp3) is 0. The van der Waals surface area contributed by atoms with Crippen molar-refractivity contribution >= 4 is 29.7 Å². The lowest BCUT2D eigenvalue weighted by Gasteiger charge is -2.00. The Morgan fingerprint density at radius 1 is 1.27 bits per heavy atom. The van der Waals surface area contributed by atoms with Crippen molar-refractivity contribution in [2.75, 3.05) is 0 Å². The van der Waals surface area contributed by atoms with Crippen LogP contribution in [-0.2, 0) is 4.79 Å². The van der Waals surface area contributed by atoms with E-state index in [4.69, 9.17) is 23.2 Å². The molecule has 0 fully saturated rings. The van der Waals surface area contributed by atoms with Crippen LogP contribution in [-0.4, -0.2) is 6.47 Å². The Kier molecular flexibility index (Phi) is 2.74. The van der Waals surface area contributed by atoms with Crippen molar-refractivity contribution in [3.8, 4) is 5.75 Å². The van der Waals surface area contributed by atoms with Crippen LogP contribution in [0.3, 0.4) is 0 Å². The summed E-state index contributed by atoms with van der Waals surface area (Å²) in [7, 11) is 0. The smallest absolute Gasteiger partial charge is 0.415 e. The molecule has 2 nitrogen and oxygen atoms in total. The first-order valence-electron chi connectivity index (χ1n) is 2.73. The second-order valence-corrected chi connectivity index (χ2v) is 2.55. The summed E-state index contributed by atoms with van der Waals surface area (Å²) in [6.45, 7) is 1.25. The van der Waals surface area contributed by atoms with E-state index in [2.05, 4.69) is 4.74 Å². The first kappa shape index (κ1) is 8.37. The highest BCUT2D eigenvalue weighted by atomic mass is 35.5. The van der Waals surface area contributed by atoms with Gasteiger partial charge in [0.05, 0.1) is 10.0 Å². The van der Waals surface area contributed by atoms with Crippen LogP contribution in [0.25, 0.3) is 0 Å². The van der Waals surface area contributed by atoms with Gasteiger partial charge >= 0.3 is 6.47 Å². The van der Waals surface area contributed by atoms with Crippen LogP contribution in [0.4, 0.5) is 0 Å². The minimum atomic E-state index is 0.144. The molecular weight excluding hydrogens is 187 g/mol. The Morgan fingerprint density at radius 2 is 1.82 bits per heavy atom. The molecule has 1 aromatic rings. The van der Waals surface area contributed by atoms with Gasteiger partial charge in [0, 0.05) is 0 Å². The van der Waals surface area contributed by atoms with Crippen molar-refractivity contribution in [2.24, 2.45) is 0 Å². The highest BCUT2D eigenvalue weighted by Gasteiger charge is 2.05. The van der Waals surface area contributed by atoms with Gasteiger partial charge < -0.3 is 4.74 Å². The van der Waals surface area contributed by atoms with E-state index in [9.17, 15) is 4.79 Å². The fourth-order valence-electron chi connectivity index (χ4n) is 0.622. The summed E-state index contributed by atoms with van der Waals surface area (Å²) in [4.78, 5) is 9.81. The number of para-hydroxylation sites is 1. The lowest BCUT2D eigenvalue weighted by Crippen LogP contribution is -1.89. The van der Waals surface area contributed by atoms with Gasteiger partial charge in [-0.1, -0.05) is 29.3 Å². The third-order valence-corrected chi connectivity index (χ3v) is 1.66. The summed E-state index contributed by atoms with van der Waals surface area (Å²) in [5.41, 5.74) is 0. The quantitative estimate of drug-likeness (QED) is 0.715. The monoisotopic (exact) mass is 189 g/mol. The molecule has 0 unspecified atom stereocenters. The normalized spacial score (nSPS) is 9.27. The molecule has 0 atom stereocenters. The van der Waals surface area contributed by atoms with Gasteiger partial charge in [0.25, 0.3) is 0 Å². The Hall–Kier alpha value is -0.730. The van der Waals surface area contributed by atoms with E-state index in [0.29, 0.717) is 10.0 Å². The molecule has 0 aliphatic heterocycles. The highest BCUT2D eigenvalue weighted by molar-refractivity contribution is 6.37. The molecule has 0 amide bonds. The average Bonchev–Trinajstić information content (AvgIpc) is 1.97. The maximum Gasteiger partial charge on any atom is 0.423 e. The number of hydrogen-bond acceptors (Lipinski definition) is 2. The van der Waals surface area contributed by atoms with Crippen molar-refractivity contribution in [3.63, 3.8) is 0 Å². The maximum absolute atomic E-state index is 9.81. The molecular formula is C7H3Cl2O2. The van der Waals surface area contributed by atoms with Crippen LogP contribution in [0.5, 0.6) is 5.75 Å².